The van der Waals surface area contributed by atoms with Crippen molar-refractivity contribution in [2.75, 3.05) is 13.7 Å². The Morgan fingerprint density at radius 2 is 2.09 bits per heavy atom. The van der Waals surface area contributed by atoms with Crippen LogP contribution in [0.1, 0.15) is 44.1 Å². The van der Waals surface area contributed by atoms with Gasteiger partial charge in [-0.3, -0.25) is 9.36 Å². The number of allylic oxidation sites excluding steroid dienone is 1. The Labute approximate surface area is 216 Å². The van der Waals surface area contributed by atoms with E-state index in [1.165, 1.54) is 11.3 Å². The van der Waals surface area contributed by atoms with E-state index in [4.69, 9.17) is 18.9 Å². The van der Waals surface area contributed by atoms with Crippen molar-refractivity contribution in [2.24, 2.45) is 4.99 Å². The highest BCUT2D eigenvalue weighted by Crippen LogP contribution is 2.34. The normalized spacial score (nSPS) is 15.8. The molecule has 4 rings (SSSR count). The van der Waals surface area contributed by atoms with Crippen LogP contribution in [0.3, 0.4) is 0 Å². The minimum Gasteiger partial charge on any atom is -0.497 e. The van der Waals surface area contributed by atoms with Crippen LogP contribution in [-0.4, -0.2) is 24.3 Å². The summed E-state index contributed by atoms with van der Waals surface area (Å²) in [5, 5.41) is 0. The minimum atomic E-state index is -0.691. The van der Waals surface area contributed by atoms with Gasteiger partial charge in [-0.1, -0.05) is 36.8 Å². The molecule has 1 atom stereocenters. The molecule has 0 bridgehead atoms. The van der Waals surface area contributed by atoms with Crippen molar-refractivity contribution < 1.29 is 18.7 Å². The summed E-state index contributed by atoms with van der Waals surface area (Å²) in [7, 11) is 1.58. The van der Waals surface area contributed by atoms with Crippen molar-refractivity contribution in [2.45, 2.75) is 32.7 Å². The fraction of sp³-hybridized carbons (Fsp3) is 0.292. The zero-order chi connectivity index (χ0) is 24.4. The average Bonchev–Trinajstić information content (AvgIpc) is 3.30. The van der Waals surface area contributed by atoms with Crippen LogP contribution in [-0.2, 0) is 9.53 Å². The van der Waals surface area contributed by atoms with Crippen LogP contribution in [0.15, 0.2) is 64.9 Å². The van der Waals surface area contributed by atoms with Gasteiger partial charge in [0.05, 0.1) is 40.0 Å². The fourth-order valence-corrected chi connectivity index (χ4v) is 5.42. The molecule has 1 aliphatic heterocycles. The molecule has 10 heteroatoms. The summed E-state index contributed by atoms with van der Waals surface area (Å²) in [6, 6.07) is 8.44. The fourth-order valence-electron chi connectivity index (χ4n) is 3.81. The quantitative estimate of drug-likeness (QED) is 0.363. The van der Waals surface area contributed by atoms with Gasteiger partial charge in [0.25, 0.3) is 5.56 Å². The van der Waals surface area contributed by atoms with E-state index in [1.54, 1.807) is 30.7 Å². The van der Waals surface area contributed by atoms with E-state index in [0.717, 1.165) is 16.5 Å². The Balaban J connectivity index is 2.00. The molecule has 0 spiro atoms. The first-order chi connectivity index (χ1) is 16.4. The first kappa shape index (κ1) is 24.7. The molecule has 0 N–H and O–H groups in total. The SMILES string of the molecule is CCCC1=C(C(=O)OCC)[C@@H](c2cccc(OC)c2)n2c(s/c(=C/c3cc(Br)c(Br)o3)c2=O)=N1. The van der Waals surface area contributed by atoms with Crippen LogP contribution in [0.2, 0.25) is 0 Å². The zero-order valence-corrected chi connectivity index (χ0v) is 22.8. The summed E-state index contributed by atoms with van der Waals surface area (Å²) in [6.07, 6.45) is 3.04. The number of hydrogen-bond donors (Lipinski definition) is 0. The van der Waals surface area contributed by atoms with Crippen molar-refractivity contribution >= 4 is 55.2 Å². The molecule has 7 nitrogen and oxygen atoms in total. The van der Waals surface area contributed by atoms with Gasteiger partial charge in [0.2, 0.25) is 0 Å². The van der Waals surface area contributed by atoms with E-state index in [-0.39, 0.29) is 12.2 Å². The molecule has 0 aliphatic carbocycles. The Bertz CT molecular complexity index is 1430. The summed E-state index contributed by atoms with van der Waals surface area (Å²) in [6.45, 7) is 4.00. The molecular weight excluding hydrogens is 588 g/mol. The number of methoxy groups -OCH3 is 1. The molecule has 3 heterocycles. The Hall–Kier alpha value is -2.43. The lowest BCUT2D eigenvalue weighted by molar-refractivity contribution is -0.139. The maximum absolute atomic E-state index is 13.6. The number of aromatic nitrogens is 1. The Kier molecular flexibility index (Phi) is 7.59. The van der Waals surface area contributed by atoms with Gasteiger partial charge in [0, 0.05) is 6.08 Å². The number of benzene rings is 1. The van der Waals surface area contributed by atoms with Crippen LogP contribution in [0.5, 0.6) is 5.75 Å². The molecule has 0 saturated heterocycles. The highest BCUT2D eigenvalue weighted by Gasteiger charge is 2.34. The molecule has 1 aromatic carbocycles. The predicted molar refractivity (Wildman–Crippen MR) is 137 cm³/mol. The second kappa shape index (κ2) is 10.5. The van der Waals surface area contributed by atoms with Crippen LogP contribution in [0.25, 0.3) is 6.08 Å². The van der Waals surface area contributed by atoms with Gasteiger partial charge >= 0.3 is 5.97 Å². The molecule has 34 heavy (non-hydrogen) atoms. The first-order valence-electron chi connectivity index (χ1n) is 10.7. The van der Waals surface area contributed by atoms with Crippen LogP contribution in [0, 0.1) is 0 Å². The number of carbonyl (C=O) groups is 1. The molecule has 0 fully saturated rings. The maximum Gasteiger partial charge on any atom is 0.338 e. The number of hydrogen-bond acceptors (Lipinski definition) is 7. The van der Waals surface area contributed by atoms with Gasteiger partial charge in [-0.25, -0.2) is 9.79 Å². The number of halogens is 2. The lowest BCUT2D eigenvalue weighted by Gasteiger charge is -2.26. The lowest BCUT2D eigenvalue weighted by Crippen LogP contribution is -2.40. The number of fused-ring (bicyclic) bond motifs is 1. The van der Waals surface area contributed by atoms with E-state index < -0.39 is 12.0 Å². The molecule has 0 unspecified atom stereocenters. The number of rotatable bonds is 7. The smallest absolute Gasteiger partial charge is 0.338 e. The highest BCUT2D eigenvalue weighted by atomic mass is 79.9. The summed E-state index contributed by atoms with van der Waals surface area (Å²) in [4.78, 5) is 32.1. The highest BCUT2D eigenvalue weighted by molar-refractivity contribution is 9.13. The monoisotopic (exact) mass is 608 g/mol. The maximum atomic E-state index is 13.6. The third kappa shape index (κ3) is 4.71. The number of carbonyl (C=O) groups excluding carboxylic acids is 1. The van der Waals surface area contributed by atoms with E-state index in [1.807, 2.05) is 31.2 Å². The number of furan rings is 1. The van der Waals surface area contributed by atoms with Crippen molar-refractivity contribution in [1.82, 2.24) is 4.57 Å². The minimum absolute atomic E-state index is 0.221. The molecule has 0 radical (unpaired) electrons. The predicted octanol–water partition coefficient (Wildman–Crippen LogP) is 4.71. The summed E-state index contributed by atoms with van der Waals surface area (Å²) < 4.78 is 19.7. The third-order valence-corrected chi connectivity index (χ3v) is 7.93. The summed E-state index contributed by atoms with van der Waals surface area (Å²) in [5.74, 6) is 0.665. The van der Waals surface area contributed by atoms with Crippen molar-refractivity contribution in [3.63, 3.8) is 0 Å². The van der Waals surface area contributed by atoms with Crippen molar-refractivity contribution in [3.8, 4) is 5.75 Å². The van der Waals surface area contributed by atoms with Crippen molar-refractivity contribution in [1.29, 1.82) is 0 Å². The van der Waals surface area contributed by atoms with Crippen LogP contribution < -0.4 is 19.6 Å². The second-order valence-corrected chi connectivity index (χ2v) is 10.0. The molecule has 3 aromatic rings. The molecule has 0 amide bonds. The van der Waals surface area contributed by atoms with Crippen LogP contribution >= 0.6 is 43.2 Å². The van der Waals surface area contributed by atoms with E-state index >= 15 is 0 Å². The third-order valence-electron chi connectivity index (χ3n) is 5.24. The molecule has 2 aromatic heterocycles. The second-order valence-electron chi connectivity index (χ2n) is 7.46. The molecule has 0 saturated carbocycles. The van der Waals surface area contributed by atoms with Gasteiger partial charge in [-0.15, -0.1) is 0 Å². The number of ether oxygens (including phenoxy) is 2. The molecular formula is C24H22Br2N2O5S. The number of nitrogens with zero attached hydrogens (tertiary/aromatic N) is 2. The van der Waals surface area contributed by atoms with Gasteiger partial charge in [-0.2, -0.15) is 0 Å². The van der Waals surface area contributed by atoms with E-state index in [9.17, 15) is 9.59 Å². The Morgan fingerprint density at radius 1 is 1.29 bits per heavy atom. The summed E-state index contributed by atoms with van der Waals surface area (Å²) >= 11 is 7.97. The van der Waals surface area contributed by atoms with Gasteiger partial charge in [0.1, 0.15) is 11.5 Å². The summed E-state index contributed by atoms with van der Waals surface area (Å²) in [5.41, 5.74) is 1.48. The van der Waals surface area contributed by atoms with Gasteiger partial charge in [-0.05, 0) is 69.0 Å². The van der Waals surface area contributed by atoms with Gasteiger partial charge < -0.3 is 13.9 Å². The van der Waals surface area contributed by atoms with E-state index in [2.05, 4.69) is 31.9 Å². The largest absolute Gasteiger partial charge is 0.497 e. The van der Waals surface area contributed by atoms with E-state index in [0.29, 0.717) is 43.2 Å². The topological polar surface area (TPSA) is 83.0 Å². The molecule has 178 valence electrons. The molecule has 1 aliphatic rings. The number of thiazole rings is 1. The van der Waals surface area contributed by atoms with Crippen LogP contribution in [0.4, 0.5) is 0 Å². The Morgan fingerprint density at radius 3 is 2.74 bits per heavy atom. The zero-order valence-electron chi connectivity index (χ0n) is 18.8. The average molecular weight is 610 g/mol. The number of esters is 1. The van der Waals surface area contributed by atoms with Crippen molar-refractivity contribution in [3.05, 3.63) is 81.8 Å². The lowest BCUT2D eigenvalue weighted by atomic mass is 9.94. The van der Waals surface area contributed by atoms with Gasteiger partial charge in [0.15, 0.2) is 9.47 Å². The standard InChI is InChI=1S/C24H22Br2N2O5S/c1-4-7-17-19(23(30)32-5-2)20(13-8-6-9-14(10-13)31-3)28-22(29)18(34-24(28)27-17)12-15-11-16(25)21(26)33-15/h6,8-12,20H,4-5,7H2,1-3H3/b18-12+/t20-/m1/s1. The first-order valence-corrected chi connectivity index (χ1v) is 13.1.